The van der Waals surface area contributed by atoms with E-state index < -0.39 is 0 Å². The van der Waals surface area contributed by atoms with Crippen LogP contribution in [0.15, 0.2) is 0 Å². The van der Waals surface area contributed by atoms with Crippen molar-refractivity contribution in [3.8, 4) is 0 Å². The molecule has 4 fully saturated rings. The normalized spacial score (nSPS) is 50.4. The molecule has 2 N–H and O–H groups in total. The molecule has 0 aromatic heterocycles. The van der Waals surface area contributed by atoms with Gasteiger partial charge in [-0.05, 0) is 0 Å². The van der Waals surface area contributed by atoms with Crippen LogP contribution in [-0.2, 0) is 0 Å². The second kappa shape index (κ2) is 7.49. The third-order valence-electron chi connectivity index (χ3n) is 10.3. The molecular formula is C24H41BNS. The Morgan fingerprint density at radius 2 is 1.81 bits per heavy atom. The summed E-state index contributed by atoms with van der Waals surface area (Å²) in [5.74, 6) is 5.02. The van der Waals surface area contributed by atoms with Crippen molar-refractivity contribution >= 4 is 24.9 Å². The third kappa shape index (κ3) is 3.31. The van der Waals surface area contributed by atoms with E-state index in [1.54, 1.807) is 0 Å². The fraction of sp³-hybridized carbons (Fsp3) is 0.958. The number of rotatable bonds is 4. The Balaban J connectivity index is 1.56. The van der Waals surface area contributed by atoms with E-state index in [9.17, 15) is 0 Å². The summed E-state index contributed by atoms with van der Waals surface area (Å²) in [5, 5.41) is 0. The Kier molecular flexibility index (Phi) is 5.69. The summed E-state index contributed by atoms with van der Waals surface area (Å²) in [4.78, 5) is 0.802. The van der Waals surface area contributed by atoms with E-state index in [2.05, 4.69) is 33.4 Å². The van der Waals surface area contributed by atoms with Crippen LogP contribution in [0.2, 0.25) is 0 Å². The zero-order valence-corrected chi connectivity index (χ0v) is 18.8. The molecule has 0 bridgehead atoms. The third-order valence-corrected chi connectivity index (χ3v) is 10.5. The molecule has 4 rings (SSSR count). The van der Waals surface area contributed by atoms with Crippen LogP contribution >= 0.6 is 12.6 Å². The van der Waals surface area contributed by atoms with E-state index in [1.807, 2.05) is 0 Å². The van der Waals surface area contributed by atoms with Gasteiger partial charge in [0.15, 0.2) is 0 Å². The van der Waals surface area contributed by atoms with Gasteiger partial charge in [-0.1, -0.05) is 6.42 Å². The molecule has 1 radical (unpaired) electrons. The standard InChI is InChI=1S/C24H41BNS/c1-15(7-10-21(25)27)17-8-9-18-22-19(11-13-24(17,18)3)23(2)12-5-4-6-16(23)14-20(22)26/h15-20,22,27H,4-14,26H2,1-3H3. The first kappa shape index (κ1) is 20.5. The van der Waals surface area contributed by atoms with Gasteiger partial charge >= 0.3 is 168 Å². The van der Waals surface area contributed by atoms with Gasteiger partial charge in [0.05, 0.1) is 0 Å². The second-order valence-electron chi connectivity index (χ2n) is 11.4. The van der Waals surface area contributed by atoms with Gasteiger partial charge in [0.1, 0.15) is 0 Å². The maximum atomic E-state index is 6.96. The molecule has 151 valence electrons. The van der Waals surface area contributed by atoms with Crippen LogP contribution in [0.5, 0.6) is 0 Å². The molecule has 9 atom stereocenters. The van der Waals surface area contributed by atoms with Crippen molar-refractivity contribution in [1.29, 1.82) is 0 Å². The number of fused-ring (bicyclic) bond motifs is 5. The number of hydrogen-bond acceptors (Lipinski definition) is 2. The maximum absolute atomic E-state index is 6.96. The molecule has 0 heterocycles. The average molecular weight is 386 g/mol. The van der Waals surface area contributed by atoms with E-state index in [4.69, 9.17) is 13.2 Å². The molecule has 0 aliphatic heterocycles. The number of hydrogen-bond donors (Lipinski definition) is 2. The van der Waals surface area contributed by atoms with Gasteiger partial charge in [0.2, 0.25) is 0 Å². The van der Waals surface area contributed by atoms with Gasteiger partial charge < -0.3 is 0 Å². The zero-order valence-electron chi connectivity index (χ0n) is 17.9. The Morgan fingerprint density at radius 1 is 1.07 bits per heavy atom. The van der Waals surface area contributed by atoms with Crippen molar-refractivity contribution < 1.29 is 0 Å². The van der Waals surface area contributed by atoms with Gasteiger partial charge in [0, 0.05) is 0 Å². The van der Waals surface area contributed by atoms with E-state index in [1.165, 1.54) is 64.2 Å². The molecule has 4 aliphatic carbocycles. The number of nitrogens with two attached hydrogens (primary N) is 1. The van der Waals surface area contributed by atoms with Crippen molar-refractivity contribution in [2.75, 3.05) is 0 Å². The molecule has 4 aliphatic rings. The van der Waals surface area contributed by atoms with E-state index in [0.717, 1.165) is 46.7 Å². The first-order valence-corrected chi connectivity index (χ1v) is 12.3. The SMILES string of the molecule is [B]=C(S)CCC(C)C1CCC2C3C(N)CC4CCCCC4(C)C3CCC12C. The Morgan fingerprint density at radius 3 is 2.56 bits per heavy atom. The van der Waals surface area contributed by atoms with E-state index in [-0.39, 0.29) is 0 Å². The first-order valence-electron chi connectivity index (χ1n) is 11.8. The summed E-state index contributed by atoms with van der Waals surface area (Å²) < 4.78 is 0. The molecule has 0 spiro atoms. The van der Waals surface area contributed by atoms with Gasteiger partial charge in [0.25, 0.3) is 0 Å². The second-order valence-corrected chi connectivity index (χ2v) is 11.9. The predicted molar refractivity (Wildman–Crippen MR) is 121 cm³/mol. The summed E-state index contributed by atoms with van der Waals surface area (Å²) in [6.07, 6.45) is 15.0. The molecule has 3 heteroatoms. The van der Waals surface area contributed by atoms with Crippen LogP contribution in [0.4, 0.5) is 0 Å². The van der Waals surface area contributed by atoms with Crippen molar-refractivity contribution in [3.63, 3.8) is 0 Å². The van der Waals surface area contributed by atoms with Crippen LogP contribution in [0.3, 0.4) is 0 Å². The summed E-state index contributed by atoms with van der Waals surface area (Å²) in [6.45, 7) is 7.77. The first-order chi connectivity index (χ1) is 12.8. The number of thiol groups is 1. The van der Waals surface area contributed by atoms with Crippen LogP contribution < -0.4 is 5.73 Å². The molecule has 0 aromatic carbocycles. The molecule has 1 nitrogen and oxygen atoms in total. The summed E-state index contributed by atoms with van der Waals surface area (Å²) in [7, 11) is 5.85. The fourth-order valence-corrected chi connectivity index (χ4v) is 9.03. The molecule has 0 aromatic rings. The van der Waals surface area contributed by atoms with Crippen LogP contribution in [0, 0.1) is 46.3 Å². The topological polar surface area (TPSA) is 26.0 Å². The van der Waals surface area contributed by atoms with Crippen LogP contribution in [0.1, 0.15) is 91.4 Å². The minimum atomic E-state index is 0.450. The minimum absolute atomic E-state index is 0.450. The summed E-state index contributed by atoms with van der Waals surface area (Å²) in [6, 6.07) is 0.450. The van der Waals surface area contributed by atoms with Crippen molar-refractivity contribution in [3.05, 3.63) is 0 Å². The Labute approximate surface area is 174 Å². The predicted octanol–water partition coefficient (Wildman–Crippen LogP) is 5.62. The Bertz CT molecular complexity index is 579. The van der Waals surface area contributed by atoms with Crippen LogP contribution in [-0.4, -0.2) is 18.3 Å². The zero-order chi connectivity index (χ0) is 19.4. The molecular weight excluding hydrogens is 345 g/mol. The monoisotopic (exact) mass is 386 g/mol. The van der Waals surface area contributed by atoms with E-state index in [0.29, 0.717) is 16.9 Å². The summed E-state index contributed by atoms with van der Waals surface area (Å²) in [5.41, 5.74) is 8.04. The fourth-order valence-electron chi connectivity index (χ4n) is 8.90. The van der Waals surface area contributed by atoms with Gasteiger partial charge in [-0.25, -0.2) is 0 Å². The molecule has 9 unspecified atom stereocenters. The molecule has 0 amide bonds. The van der Waals surface area contributed by atoms with Crippen molar-refractivity contribution in [2.24, 2.45) is 52.1 Å². The Hall–Kier alpha value is 0.245. The van der Waals surface area contributed by atoms with Crippen molar-refractivity contribution in [1.82, 2.24) is 0 Å². The summed E-state index contributed by atoms with van der Waals surface area (Å²) >= 11 is 4.33. The van der Waals surface area contributed by atoms with E-state index >= 15 is 0 Å². The molecule has 0 saturated heterocycles. The van der Waals surface area contributed by atoms with Gasteiger partial charge in [-0.3, -0.25) is 0 Å². The quantitative estimate of drug-likeness (QED) is 0.476. The van der Waals surface area contributed by atoms with Crippen molar-refractivity contribution in [2.45, 2.75) is 97.4 Å². The molecule has 27 heavy (non-hydrogen) atoms. The van der Waals surface area contributed by atoms with Gasteiger partial charge in [-0.2, -0.15) is 0 Å². The molecule has 4 saturated carbocycles. The van der Waals surface area contributed by atoms with Gasteiger partial charge in [-0.15, -0.1) is 0 Å². The average Bonchev–Trinajstić information content (AvgIpc) is 2.97. The van der Waals surface area contributed by atoms with Crippen LogP contribution in [0.25, 0.3) is 0 Å².